The van der Waals surface area contributed by atoms with Gasteiger partial charge in [-0.05, 0) is 55.0 Å². The highest BCUT2D eigenvalue weighted by Gasteiger charge is 2.29. The molecule has 3 aromatic rings. The summed E-state index contributed by atoms with van der Waals surface area (Å²) in [6.07, 6.45) is 1.66. The Morgan fingerprint density at radius 3 is 2.82 bits per heavy atom. The summed E-state index contributed by atoms with van der Waals surface area (Å²) in [5.74, 6) is -0.533. The number of rotatable bonds is 3. The number of carbonyl (C=O) groups excluding carboxylic acids is 2. The Labute approximate surface area is 171 Å². The van der Waals surface area contributed by atoms with E-state index in [2.05, 4.69) is 10.3 Å². The lowest BCUT2D eigenvalue weighted by Gasteiger charge is -2.22. The average molecular weight is 410 g/mol. The predicted molar refractivity (Wildman–Crippen MR) is 111 cm³/mol. The van der Waals surface area contributed by atoms with Crippen molar-refractivity contribution in [3.8, 4) is 0 Å². The van der Waals surface area contributed by atoms with Gasteiger partial charge in [-0.2, -0.15) is 0 Å². The van der Waals surface area contributed by atoms with Gasteiger partial charge < -0.3 is 5.32 Å². The molecule has 0 bridgehead atoms. The molecule has 28 heavy (non-hydrogen) atoms. The molecular weight excluding hydrogens is 394 g/mol. The Kier molecular flexibility index (Phi) is 5.07. The summed E-state index contributed by atoms with van der Waals surface area (Å²) in [6.45, 7) is 1.76. The molecule has 1 aliphatic heterocycles. The maximum absolute atomic E-state index is 13.2. The molecule has 2 heterocycles. The first-order chi connectivity index (χ1) is 13.5. The van der Waals surface area contributed by atoms with Gasteiger partial charge in [-0.25, -0.2) is 4.98 Å². The number of amides is 2. The summed E-state index contributed by atoms with van der Waals surface area (Å²) in [7, 11) is 0. The molecule has 0 saturated heterocycles. The van der Waals surface area contributed by atoms with E-state index in [1.807, 2.05) is 31.2 Å². The largest absolute Gasteiger partial charge is 0.324 e. The fourth-order valence-corrected chi connectivity index (χ4v) is 4.26. The number of fused-ring (bicyclic) bond motifs is 2. The van der Waals surface area contributed by atoms with Gasteiger partial charge in [-0.15, -0.1) is 0 Å². The van der Waals surface area contributed by atoms with Crippen LogP contribution in [0, 0.1) is 6.92 Å². The van der Waals surface area contributed by atoms with Gasteiger partial charge in [0.1, 0.15) is 11.6 Å². The van der Waals surface area contributed by atoms with Gasteiger partial charge in [0.25, 0.3) is 5.91 Å². The van der Waals surface area contributed by atoms with E-state index in [1.54, 1.807) is 36.5 Å². The SMILES string of the molecule is Cc1cc(Cl)ccc1NC(=O)CN1C(=O)c2cccnc2Sc2ccccc21. The average Bonchev–Trinajstić information content (AvgIpc) is 2.79. The number of para-hydroxylation sites is 1. The number of aryl methyl sites for hydroxylation is 1. The normalized spacial score (nSPS) is 12.8. The number of halogens is 1. The lowest BCUT2D eigenvalue weighted by Crippen LogP contribution is -2.38. The van der Waals surface area contributed by atoms with Crippen molar-refractivity contribution in [1.82, 2.24) is 4.98 Å². The number of pyridine rings is 1. The lowest BCUT2D eigenvalue weighted by molar-refractivity contribution is -0.114. The Bertz CT molecular complexity index is 1090. The number of nitrogens with zero attached hydrogens (tertiary/aromatic N) is 2. The van der Waals surface area contributed by atoms with E-state index in [0.717, 1.165) is 10.5 Å². The van der Waals surface area contributed by atoms with E-state index >= 15 is 0 Å². The van der Waals surface area contributed by atoms with Gasteiger partial charge in [0, 0.05) is 21.8 Å². The Morgan fingerprint density at radius 2 is 2.00 bits per heavy atom. The van der Waals surface area contributed by atoms with Gasteiger partial charge in [-0.3, -0.25) is 14.5 Å². The summed E-state index contributed by atoms with van der Waals surface area (Å²) in [5.41, 5.74) is 2.70. The first kappa shape index (κ1) is 18.5. The highest BCUT2D eigenvalue weighted by Crippen LogP contribution is 2.39. The van der Waals surface area contributed by atoms with Crippen molar-refractivity contribution in [2.45, 2.75) is 16.8 Å². The zero-order valence-corrected chi connectivity index (χ0v) is 16.6. The van der Waals surface area contributed by atoms with Crippen LogP contribution in [0.1, 0.15) is 15.9 Å². The highest BCUT2D eigenvalue weighted by molar-refractivity contribution is 7.99. The molecule has 7 heteroatoms. The predicted octanol–water partition coefficient (Wildman–Crippen LogP) is 4.79. The molecular formula is C21H16ClN3O2S. The second-order valence-electron chi connectivity index (χ2n) is 6.32. The molecule has 1 N–H and O–H groups in total. The highest BCUT2D eigenvalue weighted by atomic mass is 35.5. The van der Waals surface area contributed by atoms with Crippen LogP contribution in [0.25, 0.3) is 0 Å². The van der Waals surface area contributed by atoms with E-state index in [1.165, 1.54) is 16.7 Å². The molecule has 0 aliphatic carbocycles. The van der Waals surface area contributed by atoms with E-state index in [9.17, 15) is 9.59 Å². The molecule has 0 unspecified atom stereocenters. The fraction of sp³-hybridized carbons (Fsp3) is 0.0952. The molecule has 1 aliphatic rings. The van der Waals surface area contributed by atoms with Crippen LogP contribution in [0.15, 0.2) is 70.7 Å². The Morgan fingerprint density at radius 1 is 1.18 bits per heavy atom. The third-order valence-electron chi connectivity index (χ3n) is 4.37. The van der Waals surface area contributed by atoms with Crippen molar-refractivity contribution >= 4 is 46.6 Å². The molecule has 0 radical (unpaired) electrons. The molecule has 2 aromatic carbocycles. The molecule has 140 valence electrons. The first-order valence-electron chi connectivity index (χ1n) is 8.63. The van der Waals surface area contributed by atoms with Gasteiger partial charge >= 0.3 is 0 Å². The van der Waals surface area contributed by atoms with Crippen LogP contribution < -0.4 is 10.2 Å². The number of nitrogens with one attached hydrogen (secondary N) is 1. The van der Waals surface area contributed by atoms with Crippen molar-refractivity contribution in [2.75, 3.05) is 16.8 Å². The standard InChI is InChI=1S/C21H16ClN3O2S/c1-13-11-14(22)8-9-16(13)24-19(26)12-25-17-6-2-3-7-18(17)28-20-15(21(25)27)5-4-10-23-20/h2-11H,12H2,1H3,(H,24,26). The fourth-order valence-electron chi connectivity index (χ4n) is 3.02. The van der Waals surface area contributed by atoms with Crippen LogP contribution in [0.4, 0.5) is 11.4 Å². The number of hydrogen-bond donors (Lipinski definition) is 1. The summed E-state index contributed by atoms with van der Waals surface area (Å²) < 4.78 is 0. The van der Waals surface area contributed by atoms with Crippen LogP contribution in [-0.4, -0.2) is 23.3 Å². The van der Waals surface area contributed by atoms with E-state index in [0.29, 0.717) is 27.0 Å². The van der Waals surface area contributed by atoms with Crippen molar-refractivity contribution in [2.24, 2.45) is 0 Å². The molecule has 1 aromatic heterocycles. The zero-order chi connectivity index (χ0) is 19.7. The number of anilines is 2. The van der Waals surface area contributed by atoms with Gasteiger partial charge in [0.05, 0.1) is 11.3 Å². The minimum absolute atomic E-state index is 0.104. The topological polar surface area (TPSA) is 62.3 Å². The third-order valence-corrected chi connectivity index (χ3v) is 5.69. The monoisotopic (exact) mass is 409 g/mol. The molecule has 0 fully saturated rings. The zero-order valence-electron chi connectivity index (χ0n) is 15.0. The van der Waals surface area contributed by atoms with Crippen molar-refractivity contribution in [3.63, 3.8) is 0 Å². The van der Waals surface area contributed by atoms with Crippen molar-refractivity contribution < 1.29 is 9.59 Å². The molecule has 0 spiro atoms. The number of carbonyl (C=O) groups is 2. The van der Waals surface area contributed by atoms with E-state index < -0.39 is 0 Å². The van der Waals surface area contributed by atoms with Gasteiger partial charge in [0.15, 0.2) is 0 Å². The van der Waals surface area contributed by atoms with Gasteiger partial charge in [-0.1, -0.05) is 35.5 Å². The number of hydrogen-bond acceptors (Lipinski definition) is 4. The first-order valence-corrected chi connectivity index (χ1v) is 9.82. The van der Waals surface area contributed by atoms with E-state index in [4.69, 9.17) is 11.6 Å². The number of aromatic nitrogens is 1. The summed E-state index contributed by atoms with van der Waals surface area (Å²) in [4.78, 5) is 32.6. The second-order valence-corrected chi connectivity index (χ2v) is 7.79. The molecule has 5 nitrogen and oxygen atoms in total. The van der Waals surface area contributed by atoms with Crippen LogP contribution >= 0.6 is 23.4 Å². The minimum atomic E-state index is -0.286. The van der Waals surface area contributed by atoms with Crippen LogP contribution in [-0.2, 0) is 4.79 Å². The smallest absolute Gasteiger partial charge is 0.261 e. The van der Waals surface area contributed by atoms with E-state index in [-0.39, 0.29) is 18.4 Å². The molecule has 4 rings (SSSR count). The number of benzene rings is 2. The Balaban J connectivity index is 1.66. The third kappa shape index (κ3) is 3.61. The summed E-state index contributed by atoms with van der Waals surface area (Å²) in [5, 5.41) is 4.11. The molecule has 0 saturated carbocycles. The lowest BCUT2D eigenvalue weighted by atomic mass is 10.2. The summed E-state index contributed by atoms with van der Waals surface area (Å²) >= 11 is 7.40. The minimum Gasteiger partial charge on any atom is -0.324 e. The van der Waals surface area contributed by atoms with Crippen molar-refractivity contribution in [3.05, 3.63) is 76.9 Å². The van der Waals surface area contributed by atoms with Crippen LogP contribution in [0.5, 0.6) is 0 Å². The maximum atomic E-state index is 13.2. The van der Waals surface area contributed by atoms with Crippen molar-refractivity contribution in [1.29, 1.82) is 0 Å². The van der Waals surface area contributed by atoms with Gasteiger partial charge in [0.2, 0.25) is 5.91 Å². The Hall–Kier alpha value is -2.83. The molecule has 2 amide bonds. The quantitative estimate of drug-likeness (QED) is 0.675. The second kappa shape index (κ2) is 7.66. The van der Waals surface area contributed by atoms with Crippen LogP contribution in [0.3, 0.4) is 0 Å². The maximum Gasteiger partial charge on any atom is 0.261 e. The van der Waals surface area contributed by atoms with Crippen LogP contribution in [0.2, 0.25) is 5.02 Å². The molecule has 0 atom stereocenters. The summed E-state index contributed by atoms with van der Waals surface area (Å²) in [6, 6.07) is 16.2.